The van der Waals surface area contributed by atoms with E-state index in [9.17, 15) is 23.1 Å². The number of sulfone groups is 1. The summed E-state index contributed by atoms with van der Waals surface area (Å²) in [6, 6.07) is 12.2. The number of amides is 1. The van der Waals surface area contributed by atoms with Gasteiger partial charge in [0.15, 0.2) is 9.84 Å². The van der Waals surface area contributed by atoms with Gasteiger partial charge in [0.1, 0.15) is 6.04 Å². The van der Waals surface area contributed by atoms with E-state index < -0.39 is 27.8 Å². The van der Waals surface area contributed by atoms with Crippen molar-refractivity contribution in [3.63, 3.8) is 0 Å². The number of carboxylic acid groups (broad SMARTS) is 1. The Morgan fingerprint density at radius 1 is 1.12 bits per heavy atom. The number of nitrogens with one attached hydrogen (secondary N) is 1. The standard InChI is InChI=1S/C31H43NO6S2.Li.H/c1-4-40(36,37)21-25(18-23-11-6-5-7-12-23)38-20-24-14-15-27(28(19-24)26-13-9-8-10-22(26)2)30(33)32-29(31(34)35)16-17-39-3;;/h8-10,13-15,19,23,25,29H,4-7,11-12,16-18,20-21H2,1-3H3,(H,32,33)(H,34,35);;/q;+1;-1. The van der Waals surface area contributed by atoms with Gasteiger partial charge in [-0.1, -0.05) is 69.4 Å². The van der Waals surface area contributed by atoms with Crippen molar-refractivity contribution in [1.29, 1.82) is 0 Å². The molecule has 0 heterocycles. The van der Waals surface area contributed by atoms with E-state index in [0.717, 1.165) is 36.0 Å². The van der Waals surface area contributed by atoms with Crippen molar-refractivity contribution in [2.45, 2.75) is 77.5 Å². The van der Waals surface area contributed by atoms with Crippen LogP contribution in [0.15, 0.2) is 42.5 Å². The van der Waals surface area contributed by atoms with E-state index in [0.29, 0.717) is 29.2 Å². The molecule has 2 N–H and O–H groups in total. The minimum atomic E-state index is -3.20. The van der Waals surface area contributed by atoms with Crippen LogP contribution in [-0.2, 0) is 26.0 Å². The Hall–Kier alpha value is -1.76. The second-order valence-corrected chi connectivity index (χ2v) is 14.1. The fourth-order valence-electron chi connectivity index (χ4n) is 5.30. The van der Waals surface area contributed by atoms with Crippen LogP contribution in [-0.4, -0.2) is 61.1 Å². The van der Waals surface area contributed by atoms with Crippen molar-refractivity contribution in [1.82, 2.24) is 5.32 Å². The first-order valence-electron chi connectivity index (χ1n) is 14.2. The summed E-state index contributed by atoms with van der Waals surface area (Å²) in [5.74, 6) is -0.300. The van der Waals surface area contributed by atoms with E-state index in [1.54, 1.807) is 19.1 Å². The summed E-state index contributed by atoms with van der Waals surface area (Å²) >= 11 is 1.53. The van der Waals surface area contributed by atoms with Crippen molar-refractivity contribution in [2.75, 3.05) is 23.5 Å². The Balaban J connectivity index is 0.00000441. The molecule has 7 nitrogen and oxygen atoms in total. The van der Waals surface area contributed by atoms with Gasteiger partial charge >= 0.3 is 24.8 Å². The first-order chi connectivity index (χ1) is 19.1. The first kappa shape index (κ1) is 35.4. The maximum Gasteiger partial charge on any atom is 1.00 e. The van der Waals surface area contributed by atoms with Crippen LogP contribution in [0.1, 0.15) is 74.8 Å². The molecule has 10 heteroatoms. The molecule has 3 rings (SSSR count). The van der Waals surface area contributed by atoms with Crippen molar-refractivity contribution < 1.29 is 48.1 Å². The van der Waals surface area contributed by atoms with Crippen LogP contribution in [0.4, 0.5) is 0 Å². The molecule has 41 heavy (non-hydrogen) atoms. The van der Waals surface area contributed by atoms with Crippen molar-refractivity contribution in [2.24, 2.45) is 5.92 Å². The zero-order valence-electron chi connectivity index (χ0n) is 25.9. The molecule has 1 fully saturated rings. The number of thioether (sulfide) groups is 1. The van der Waals surface area contributed by atoms with Crippen LogP contribution in [0.25, 0.3) is 11.1 Å². The number of carbonyl (C=O) groups excluding carboxylic acids is 1. The molecule has 2 aromatic carbocycles. The summed E-state index contributed by atoms with van der Waals surface area (Å²) in [5, 5.41) is 12.3. The van der Waals surface area contributed by atoms with Crippen LogP contribution < -0.4 is 24.2 Å². The molecule has 0 aromatic heterocycles. The number of ether oxygens (including phenoxy) is 1. The molecule has 222 valence electrons. The second-order valence-electron chi connectivity index (χ2n) is 10.7. The molecule has 0 aliphatic heterocycles. The van der Waals surface area contributed by atoms with Crippen LogP contribution in [0.2, 0.25) is 0 Å². The van der Waals surface area contributed by atoms with Gasteiger partial charge in [-0.15, -0.1) is 0 Å². The Morgan fingerprint density at radius 2 is 1.83 bits per heavy atom. The Labute approximate surface area is 263 Å². The minimum absolute atomic E-state index is 0. The third kappa shape index (κ3) is 11.1. The number of aliphatic carboxylic acids is 1. The number of rotatable bonds is 15. The van der Waals surface area contributed by atoms with Crippen LogP contribution in [0.3, 0.4) is 0 Å². The summed E-state index contributed by atoms with van der Waals surface area (Å²) in [6.07, 6.45) is 8.40. The zero-order chi connectivity index (χ0) is 29.1. The number of carboxylic acids is 1. The zero-order valence-corrected chi connectivity index (χ0v) is 26.5. The van der Waals surface area contributed by atoms with Gasteiger partial charge in [0.2, 0.25) is 0 Å². The molecule has 0 radical (unpaired) electrons. The average Bonchev–Trinajstić information content (AvgIpc) is 2.94. The van der Waals surface area contributed by atoms with Gasteiger partial charge in [-0.05, 0) is 72.1 Å². The predicted octanol–water partition coefficient (Wildman–Crippen LogP) is 3.00. The van der Waals surface area contributed by atoms with Gasteiger partial charge in [-0.3, -0.25) is 4.79 Å². The smallest absolute Gasteiger partial charge is 1.00 e. The monoisotopic (exact) mass is 597 g/mol. The molecule has 1 saturated carbocycles. The van der Waals surface area contributed by atoms with E-state index in [2.05, 4.69) is 5.32 Å². The van der Waals surface area contributed by atoms with Crippen LogP contribution >= 0.6 is 11.8 Å². The van der Waals surface area contributed by atoms with Crippen molar-refractivity contribution in [3.05, 3.63) is 59.2 Å². The van der Waals surface area contributed by atoms with E-state index in [1.165, 1.54) is 31.0 Å². The van der Waals surface area contributed by atoms with Gasteiger partial charge in [-0.2, -0.15) is 11.8 Å². The number of carbonyl (C=O) groups is 2. The van der Waals surface area contributed by atoms with Gasteiger partial charge in [-0.25, -0.2) is 13.2 Å². The van der Waals surface area contributed by atoms with E-state index in [1.807, 2.05) is 43.5 Å². The first-order valence-corrected chi connectivity index (χ1v) is 17.4. The topological polar surface area (TPSA) is 110 Å². The number of hydrogen-bond acceptors (Lipinski definition) is 6. The minimum Gasteiger partial charge on any atom is -1.00 e. The van der Waals surface area contributed by atoms with Crippen molar-refractivity contribution in [3.8, 4) is 11.1 Å². The maximum absolute atomic E-state index is 13.3. The molecular weight excluding hydrogens is 553 g/mol. The number of aryl methyl sites for hydroxylation is 1. The summed E-state index contributed by atoms with van der Waals surface area (Å²) in [7, 11) is -3.20. The molecule has 0 bridgehead atoms. The molecule has 2 unspecified atom stereocenters. The molecule has 1 aliphatic carbocycles. The molecular formula is C31H44LiNO6S2. The quantitative estimate of drug-likeness (QED) is 0.304. The van der Waals surface area contributed by atoms with Gasteiger partial charge in [0, 0.05) is 11.3 Å². The molecule has 1 aliphatic rings. The molecule has 2 aromatic rings. The second kappa shape index (κ2) is 17.4. The van der Waals surface area contributed by atoms with Gasteiger partial charge in [0.05, 0.1) is 18.5 Å². The Bertz CT molecular complexity index is 1250. The maximum atomic E-state index is 13.3. The molecule has 0 saturated heterocycles. The van der Waals surface area contributed by atoms with E-state index in [-0.39, 0.29) is 44.5 Å². The average molecular weight is 598 g/mol. The number of hydrogen-bond donors (Lipinski definition) is 2. The largest absolute Gasteiger partial charge is 1.00 e. The SMILES string of the molecule is CCS(=O)(=O)CC(CC1CCCCC1)OCc1ccc(C(=O)NC(CCSC)C(=O)O)c(-c2ccccc2C)c1.[H-].[Li+]. The third-order valence-electron chi connectivity index (χ3n) is 7.66. The fraction of sp³-hybridized carbons (Fsp3) is 0.548. The van der Waals surface area contributed by atoms with E-state index >= 15 is 0 Å². The fourth-order valence-corrected chi connectivity index (χ4v) is 6.81. The van der Waals surface area contributed by atoms with E-state index in [4.69, 9.17) is 4.74 Å². The number of benzene rings is 2. The summed E-state index contributed by atoms with van der Waals surface area (Å²) < 4.78 is 31.3. The molecule has 1 amide bonds. The van der Waals surface area contributed by atoms with Crippen LogP contribution in [0, 0.1) is 12.8 Å². The Morgan fingerprint density at radius 3 is 2.46 bits per heavy atom. The summed E-state index contributed by atoms with van der Waals surface area (Å²) in [5.41, 5.74) is 3.76. The Kier molecular flexibility index (Phi) is 15.0. The van der Waals surface area contributed by atoms with Gasteiger partial charge < -0.3 is 16.6 Å². The van der Waals surface area contributed by atoms with Crippen LogP contribution in [0.5, 0.6) is 0 Å². The normalized spacial score (nSPS) is 15.5. The summed E-state index contributed by atoms with van der Waals surface area (Å²) in [4.78, 5) is 25.1. The van der Waals surface area contributed by atoms with Gasteiger partial charge in [0.25, 0.3) is 5.91 Å². The van der Waals surface area contributed by atoms with Crippen molar-refractivity contribution >= 4 is 33.5 Å². The third-order valence-corrected chi connectivity index (χ3v) is 10.1. The molecule has 0 spiro atoms. The molecule has 2 atom stereocenters. The summed E-state index contributed by atoms with van der Waals surface area (Å²) in [6.45, 7) is 3.86. The predicted molar refractivity (Wildman–Crippen MR) is 164 cm³/mol.